The van der Waals surface area contributed by atoms with E-state index in [4.69, 9.17) is 4.52 Å². The Hall–Kier alpha value is -2.58. The number of aryl methyl sites for hydroxylation is 1. The van der Waals surface area contributed by atoms with E-state index < -0.39 is 5.60 Å². The second-order valence-electron chi connectivity index (χ2n) is 6.29. The number of nitrogens with one attached hydrogen (secondary N) is 1. The highest BCUT2D eigenvalue weighted by atomic mass is 16.5. The molecule has 124 valence electrons. The molecular weight excluding hydrogens is 304 g/mol. The van der Waals surface area contributed by atoms with Crippen LogP contribution in [-0.4, -0.2) is 27.8 Å². The summed E-state index contributed by atoms with van der Waals surface area (Å²) < 4.78 is 4.85. The largest absolute Gasteiger partial charge is 0.378 e. The van der Waals surface area contributed by atoms with Crippen LogP contribution in [0.2, 0.25) is 0 Å². The molecule has 1 aliphatic carbocycles. The topological polar surface area (TPSA) is 75.4 Å². The summed E-state index contributed by atoms with van der Waals surface area (Å²) in [4.78, 5) is 12.0. The molecule has 5 nitrogen and oxygen atoms in total. The Kier molecular flexibility index (Phi) is 4.68. The zero-order valence-corrected chi connectivity index (χ0v) is 13.6. The fourth-order valence-electron chi connectivity index (χ4n) is 2.99. The second kappa shape index (κ2) is 6.90. The van der Waals surface area contributed by atoms with Crippen molar-refractivity contribution < 1.29 is 14.4 Å². The minimum Gasteiger partial charge on any atom is -0.378 e. The van der Waals surface area contributed by atoms with Gasteiger partial charge in [-0.1, -0.05) is 29.1 Å². The van der Waals surface area contributed by atoms with Crippen LogP contribution < -0.4 is 5.32 Å². The molecule has 1 aromatic heterocycles. The molecule has 2 N–H and O–H groups in total. The molecule has 2 aromatic rings. The summed E-state index contributed by atoms with van der Waals surface area (Å²) in [6.07, 6.45) is 4.07. The lowest BCUT2D eigenvalue weighted by Crippen LogP contribution is -2.45. The Labute approximate surface area is 141 Å². The van der Waals surface area contributed by atoms with Gasteiger partial charge in [0.2, 0.25) is 5.76 Å². The highest BCUT2D eigenvalue weighted by molar-refractivity contribution is 5.91. The lowest BCUT2D eigenvalue weighted by Gasteiger charge is -2.33. The average molecular weight is 324 g/mol. The number of nitrogens with zero attached hydrogens (tertiary/aromatic N) is 1. The van der Waals surface area contributed by atoms with Crippen molar-refractivity contribution in [3.63, 3.8) is 0 Å². The maximum absolute atomic E-state index is 12.0. The Morgan fingerprint density at radius 3 is 3.08 bits per heavy atom. The van der Waals surface area contributed by atoms with Crippen molar-refractivity contribution in [3.05, 3.63) is 53.4 Å². The zero-order chi connectivity index (χ0) is 17.0. The van der Waals surface area contributed by atoms with E-state index in [0.717, 1.165) is 24.0 Å². The molecule has 0 saturated heterocycles. The molecule has 1 saturated carbocycles. The van der Waals surface area contributed by atoms with Gasteiger partial charge >= 0.3 is 0 Å². The van der Waals surface area contributed by atoms with Gasteiger partial charge in [-0.25, -0.2) is 0 Å². The maximum atomic E-state index is 12.0. The molecular formula is C19H20N2O3. The number of hydrogen-bond acceptors (Lipinski definition) is 4. The molecule has 2 atom stereocenters. The summed E-state index contributed by atoms with van der Waals surface area (Å²) in [5.41, 5.74) is 0.937. The van der Waals surface area contributed by atoms with Crippen molar-refractivity contribution in [3.8, 4) is 11.8 Å². The van der Waals surface area contributed by atoms with Crippen molar-refractivity contribution in [2.45, 2.75) is 44.2 Å². The van der Waals surface area contributed by atoms with E-state index in [0.29, 0.717) is 12.8 Å². The summed E-state index contributed by atoms with van der Waals surface area (Å²) in [6, 6.07) is 9.26. The summed E-state index contributed by atoms with van der Waals surface area (Å²) in [5, 5.41) is 17.2. The third-order valence-electron chi connectivity index (χ3n) is 4.18. The van der Waals surface area contributed by atoms with Crippen LogP contribution >= 0.6 is 0 Å². The van der Waals surface area contributed by atoms with Gasteiger partial charge in [0.15, 0.2) is 0 Å². The van der Waals surface area contributed by atoms with E-state index >= 15 is 0 Å². The number of aromatic nitrogens is 1. The molecule has 24 heavy (non-hydrogen) atoms. The van der Waals surface area contributed by atoms with Crippen LogP contribution in [0.25, 0.3) is 0 Å². The fourth-order valence-corrected chi connectivity index (χ4v) is 2.99. The first-order chi connectivity index (χ1) is 11.5. The summed E-state index contributed by atoms with van der Waals surface area (Å²) in [6.45, 7) is 2.01. The van der Waals surface area contributed by atoms with E-state index in [9.17, 15) is 9.90 Å². The van der Waals surface area contributed by atoms with E-state index in [-0.39, 0.29) is 17.7 Å². The van der Waals surface area contributed by atoms with Crippen molar-refractivity contribution in [1.29, 1.82) is 0 Å². The first-order valence-electron chi connectivity index (χ1n) is 8.08. The molecule has 2 unspecified atom stereocenters. The monoisotopic (exact) mass is 324 g/mol. The van der Waals surface area contributed by atoms with E-state index in [2.05, 4.69) is 22.3 Å². The minimum atomic E-state index is -1.08. The number of hydrogen-bond donors (Lipinski definition) is 2. The van der Waals surface area contributed by atoms with Crippen LogP contribution in [0.5, 0.6) is 0 Å². The van der Waals surface area contributed by atoms with Crippen LogP contribution in [0.1, 0.15) is 47.4 Å². The molecule has 1 fully saturated rings. The SMILES string of the molecule is Cc1cccc(C#CC2(O)CCCC(NC(=O)c3ccno3)C2)c1. The molecule has 0 radical (unpaired) electrons. The summed E-state index contributed by atoms with van der Waals surface area (Å²) in [5.74, 6) is 5.92. The number of benzene rings is 1. The number of carbonyl (C=O) groups excluding carboxylic acids is 1. The second-order valence-corrected chi connectivity index (χ2v) is 6.29. The van der Waals surface area contributed by atoms with Crippen LogP contribution in [0.4, 0.5) is 0 Å². The molecule has 3 rings (SSSR count). The molecule has 1 aromatic carbocycles. The Bertz CT molecular complexity index is 773. The van der Waals surface area contributed by atoms with Gasteiger partial charge in [-0.05, 0) is 43.9 Å². The van der Waals surface area contributed by atoms with Gasteiger partial charge in [0.25, 0.3) is 5.91 Å². The fraction of sp³-hybridized carbons (Fsp3) is 0.368. The molecule has 0 spiro atoms. The number of amides is 1. The normalized spacial score (nSPS) is 23.2. The summed E-state index contributed by atoms with van der Waals surface area (Å²) >= 11 is 0. The third kappa shape index (κ3) is 4.03. The first-order valence-corrected chi connectivity index (χ1v) is 8.08. The van der Waals surface area contributed by atoms with Gasteiger partial charge in [0.05, 0.1) is 6.20 Å². The van der Waals surface area contributed by atoms with E-state index in [1.54, 1.807) is 0 Å². The Balaban J connectivity index is 1.67. The first kappa shape index (κ1) is 16.3. The van der Waals surface area contributed by atoms with Gasteiger partial charge in [0, 0.05) is 24.1 Å². The lowest BCUT2D eigenvalue weighted by atomic mass is 9.82. The van der Waals surface area contributed by atoms with Gasteiger partial charge in [-0.15, -0.1) is 0 Å². The lowest BCUT2D eigenvalue weighted by molar-refractivity contribution is 0.0446. The molecule has 1 aliphatic rings. The van der Waals surface area contributed by atoms with Crippen molar-refractivity contribution in [2.75, 3.05) is 0 Å². The van der Waals surface area contributed by atoms with Gasteiger partial charge in [0.1, 0.15) is 5.60 Å². The standard InChI is InChI=1S/C19H20N2O3/c1-14-4-2-5-15(12-14)7-10-19(23)9-3-6-16(13-19)21-18(22)17-8-11-20-24-17/h2,4-5,8,11-12,16,23H,3,6,9,13H2,1H3,(H,21,22). The quantitative estimate of drug-likeness (QED) is 0.832. The predicted molar refractivity (Wildman–Crippen MR) is 89.2 cm³/mol. The highest BCUT2D eigenvalue weighted by Gasteiger charge is 2.34. The predicted octanol–water partition coefficient (Wildman–Crippen LogP) is 2.44. The maximum Gasteiger partial charge on any atom is 0.290 e. The highest BCUT2D eigenvalue weighted by Crippen LogP contribution is 2.28. The number of rotatable bonds is 2. The van der Waals surface area contributed by atoms with Crippen molar-refractivity contribution >= 4 is 5.91 Å². The van der Waals surface area contributed by atoms with Crippen LogP contribution in [0.3, 0.4) is 0 Å². The zero-order valence-electron chi connectivity index (χ0n) is 13.6. The summed E-state index contributed by atoms with van der Waals surface area (Å²) in [7, 11) is 0. The molecule has 1 amide bonds. The van der Waals surface area contributed by atoms with E-state index in [1.807, 2.05) is 31.2 Å². The van der Waals surface area contributed by atoms with Crippen LogP contribution in [0.15, 0.2) is 41.1 Å². The molecule has 5 heteroatoms. The van der Waals surface area contributed by atoms with Gasteiger partial charge in [-0.2, -0.15) is 0 Å². The van der Waals surface area contributed by atoms with Crippen LogP contribution in [-0.2, 0) is 0 Å². The molecule has 0 aliphatic heterocycles. The Morgan fingerprint density at radius 1 is 1.46 bits per heavy atom. The van der Waals surface area contributed by atoms with Crippen LogP contribution in [0, 0.1) is 18.8 Å². The van der Waals surface area contributed by atoms with Crippen molar-refractivity contribution in [1.82, 2.24) is 10.5 Å². The van der Waals surface area contributed by atoms with Crippen molar-refractivity contribution in [2.24, 2.45) is 0 Å². The smallest absolute Gasteiger partial charge is 0.290 e. The van der Waals surface area contributed by atoms with E-state index in [1.165, 1.54) is 12.3 Å². The van der Waals surface area contributed by atoms with Gasteiger partial charge < -0.3 is 14.9 Å². The average Bonchev–Trinajstić information content (AvgIpc) is 3.08. The minimum absolute atomic E-state index is 0.131. The third-order valence-corrected chi connectivity index (χ3v) is 4.18. The van der Waals surface area contributed by atoms with Gasteiger partial charge in [-0.3, -0.25) is 4.79 Å². The molecule has 0 bridgehead atoms. The Morgan fingerprint density at radius 2 is 2.33 bits per heavy atom. The number of aliphatic hydroxyl groups is 1. The number of carbonyl (C=O) groups is 1. The molecule has 1 heterocycles.